The van der Waals surface area contributed by atoms with Crippen molar-refractivity contribution in [1.82, 2.24) is 10.3 Å². The molecule has 19 heavy (non-hydrogen) atoms. The molecule has 1 heterocycles. The van der Waals surface area contributed by atoms with Gasteiger partial charge in [0.15, 0.2) is 0 Å². The first-order valence-electron chi connectivity index (χ1n) is 6.32. The van der Waals surface area contributed by atoms with Crippen molar-refractivity contribution in [3.63, 3.8) is 0 Å². The minimum absolute atomic E-state index is 0.377. The maximum Gasteiger partial charge on any atom is 0.119 e. The summed E-state index contributed by atoms with van der Waals surface area (Å²) in [4.78, 5) is 5.43. The van der Waals surface area contributed by atoms with E-state index < -0.39 is 0 Å². The lowest BCUT2D eigenvalue weighted by atomic mass is 10.1. The molecular weight excluding hydrogens is 276 g/mol. The second-order valence-electron chi connectivity index (χ2n) is 4.24. The maximum atomic E-state index is 6.10. The van der Waals surface area contributed by atoms with Crippen LogP contribution in [0.15, 0.2) is 52.5 Å². The molecule has 1 aromatic heterocycles. The van der Waals surface area contributed by atoms with Gasteiger partial charge < -0.3 is 5.32 Å². The van der Waals surface area contributed by atoms with Gasteiger partial charge in [0.1, 0.15) is 5.03 Å². The summed E-state index contributed by atoms with van der Waals surface area (Å²) in [5.74, 6) is 0. The smallest absolute Gasteiger partial charge is 0.119 e. The van der Waals surface area contributed by atoms with Crippen LogP contribution in [0.5, 0.6) is 0 Å². The summed E-state index contributed by atoms with van der Waals surface area (Å²) >= 11 is 7.69. The molecule has 0 saturated carbocycles. The van der Waals surface area contributed by atoms with Gasteiger partial charge >= 0.3 is 0 Å². The Kier molecular flexibility index (Phi) is 5.25. The number of halogens is 1. The van der Waals surface area contributed by atoms with E-state index in [1.165, 1.54) is 5.56 Å². The third-order valence-electron chi connectivity index (χ3n) is 2.83. The lowest BCUT2D eigenvalue weighted by molar-refractivity contribution is 0.598. The summed E-state index contributed by atoms with van der Waals surface area (Å²) in [6.07, 6.45) is 1.76. The highest BCUT2D eigenvalue weighted by molar-refractivity contribution is 7.99. The van der Waals surface area contributed by atoms with E-state index in [-0.39, 0.29) is 0 Å². The molecule has 0 fully saturated rings. The third-order valence-corrected chi connectivity index (χ3v) is 4.27. The Morgan fingerprint density at radius 1 is 1.26 bits per heavy atom. The van der Waals surface area contributed by atoms with Crippen LogP contribution in [0.1, 0.15) is 25.5 Å². The molecule has 1 aromatic carbocycles. The molecule has 0 amide bonds. The second-order valence-corrected chi connectivity index (χ2v) is 5.71. The monoisotopic (exact) mass is 292 g/mol. The zero-order valence-corrected chi connectivity index (χ0v) is 12.6. The second kappa shape index (κ2) is 6.94. The fraction of sp³-hybridized carbons (Fsp3) is 0.267. The molecule has 0 aliphatic rings. The Labute approximate surface area is 123 Å². The number of nitrogens with one attached hydrogen (secondary N) is 1. The molecule has 1 unspecified atom stereocenters. The van der Waals surface area contributed by atoms with Crippen molar-refractivity contribution in [2.45, 2.75) is 29.8 Å². The minimum atomic E-state index is 0.377. The fourth-order valence-corrected chi connectivity index (χ4v) is 2.82. The van der Waals surface area contributed by atoms with Crippen LogP contribution >= 0.6 is 23.4 Å². The topological polar surface area (TPSA) is 24.9 Å². The first-order chi connectivity index (χ1) is 9.20. The van der Waals surface area contributed by atoms with Gasteiger partial charge in [0.25, 0.3) is 0 Å². The highest BCUT2D eigenvalue weighted by Crippen LogP contribution is 2.31. The molecule has 0 saturated heterocycles. The molecular formula is C15H17ClN2S. The van der Waals surface area contributed by atoms with Crippen molar-refractivity contribution in [3.8, 4) is 0 Å². The predicted octanol–water partition coefficient (Wildman–Crippen LogP) is 4.56. The zero-order valence-electron chi connectivity index (χ0n) is 11.1. The van der Waals surface area contributed by atoms with Crippen molar-refractivity contribution in [2.24, 2.45) is 0 Å². The summed E-state index contributed by atoms with van der Waals surface area (Å²) in [5.41, 5.74) is 1.29. The van der Waals surface area contributed by atoms with Gasteiger partial charge in [-0.15, -0.1) is 0 Å². The van der Waals surface area contributed by atoms with Gasteiger partial charge in [-0.2, -0.15) is 0 Å². The first-order valence-corrected chi connectivity index (χ1v) is 7.52. The van der Waals surface area contributed by atoms with E-state index in [4.69, 9.17) is 11.6 Å². The number of rotatable bonds is 5. The quantitative estimate of drug-likeness (QED) is 0.874. The van der Waals surface area contributed by atoms with Crippen LogP contribution in [0.25, 0.3) is 0 Å². The van der Waals surface area contributed by atoms with Crippen molar-refractivity contribution < 1.29 is 0 Å². The molecule has 1 N–H and O–H groups in total. The van der Waals surface area contributed by atoms with Crippen molar-refractivity contribution in [1.29, 1.82) is 0 Å². The van der Waals surface area contributed by atoms with Crippen molar-refractivity contribution >= 4 is 23.4 Å². The van der Waals surface area contributed by atoms with E-state index in [1.807, 2.05) is 12.1 Å². The minimum Gasteiger partial charge on any atom is -0.310 e. The van der Waals surface area contributed by atoms with Gasteiger partial charge in [-0.25, -0.2) is 4.98 Å². The van der Waals surface area contributed by atoms with E-state index in [2.05, 4.69) is 48.4 Å². The predicted molar refractivity (Wildman–Crippen MR) is 81.9 cm³/mol. The maximum absolute atomic E-state index is 6.10. The Bertz CT molecular complexity index is 528. The summed E-state index contributed by atoms with van der Waals surface area (Å²) in [6, 6.07) is 12.6. The van der Waals surface area contributed by atoms with Crippen LogP contribution in [0.4, 0.5) is 0 Å². The number of aromatic nitrogens is 1. The highest BCUT2D eigenvalue weighted by Gasteiger charge is 2.06. The number of nitrogens with zero attached hydrogens (tertiary/aromatic N) is 1. The standard InChI is InChI=1S/C15H17ClN2S/c1-3-17-11(2)12-6-8-13(9-7-12)19-15-14(16)5-4-10-18-15/h4-11,17H,3H2,1-2H3. The Morgan fingerprint density at radius 2 is 2.00 bits per heavy atom. The number of hydrogen-bond acceptors (Lipinski definition) is 3. The number of hydrogen-bond donors (Lipinski definition) is 1. The highest BCUT2D eigenvalue weighted by atomic mass is 35.5. The summed E-state index contributed by atoms with van der Waals surface area (Å²) in [6.45, 7) is 5.26. The van der Waals surface area contributed by atoms with Gasteiger partial charge in [-0.3, -0.25) is 0 Å². The van der Waals surface area contributed by atoms with Gasteiger partial charge in [-0.1, -0.05) is 42.4 Å². The summed E-state index contributed by atoms with van der Waals surface area (Å²) < 4.78 is 0. The molecule has 0 aliphatic heterocycles. The average molecular weight is 293 g/mol. The lowest BCUT2D eigenvalue weighted by Gasteiger charge is -2.13. The summed E-state index contributed by atoms with van der Waals surface area (Å²) in [7, 11) is 0. The molecule has 0 bridgehead atoms. The Hall–Kier alpha value is -1.03. The lowest BCUT2D eigenvalue weighted by Crippen LogP contribution is -2.17. The third kappa shape index (κ3) is 3.96. The van der Waals surface area contributed by atoms with Crippen molar-refractivity contribution in [2.75, 3.05) is 6.54 Å². The van der Waals surface area contributed by atoms with E-state index in [0.717, 1.165) is 16.5 Å². The number of pyridine rings is 1. The Morgan fingerprint density at radius 3 is 2.63 bits per heavy atom. The van der Waals surface area contributed by atoms with Crippen LogP contribution in [0.2, 0.25) is 5.02 Å². The van der Waals surface area contributed by atoms with Crippen molar-refractivity contribution in [3.05, 3.63) is 53.2 Å². The van der Waals surface area contributed by atoms with Gasteiger partial charge in [0.05, 0.1) is 5.02 Å². The van der Waals surface area contributed by atoms with E-state index in [9.17, 15) is 0 Å². The molecule has 100 valence electrons. The van der Waals surface area contributed by atoms with Gasteiger partial charge in [-0.05, 0) is 43.3 Å². The van der Waals surface area contributed by atoms with Crippen LogP contribution in [0.3, 0.4) is 0 Å². The molecule has 0 radical (unpaired) electrons. The van der Waals surface area contributed by atoms with E-state index in [1.54, 1.807) is 18.0 Å². The fourth-order valence-electron chi connectivity index (χ4n) is 1.81. The molecule has 0 aliphatic carbocycles. The molecule has 2 aromatic rings. The van der Waals surface area contributed by atoms with Crippen LogP contribution in [0, 0.1) is 0 Å². The van der Waals surface area contributed by atoms with Crippen LogP contribution < -0.4 is 5.32 Å². The number of benzene rings is 1. The van der Waals surface area contributed by atoms with E-state index >= 15 is 0 Å². The SMILES string of the molecule is CCNC(C)c1ccc(Sc2ncccc2Cl)cc1. The summed E-state index contributed by atoms with van der Waals surface area (Å²) in [5, 5.41) is 4.94. The van der Waals surface area contributed by atoms with Crippen LogP contribution in [-0.2, 0) is 0 Å². The van der Waals surface area contributed by atoms with Gasteiger partial charge in [0, 0.05) is 17.1 Å². The Balaban J connectivity index is 2.09. The van der Waals surface area contributed by atoms with E-state index in [0.29, 0.717) is 11.1 Å². The molecule has 2 nitrogen and oxygen atoms in total. The first kappa shape index (κ1) is 14.4. The zero-order chi connectivity index (χ0) is 13.7. The molecule has 0 spiro atoms. The average Bonchev–Trinajstić information content (AvgIpc) is 2.42. The largest absolute Gasteiger partial charge is 0.310 e. The van der Waals surface area contributed by atoms with Crippen LogP contribution in [-0.4, -0.2) is 11.5 Å². The molecule has 4 heteroatoms. The van der Waals surface area contributed by atoms with Gasteiger partial charge in [0.2, 0.25) is 0 Å². The molecule has 2 rings (SSSR count). The normalized spacial score (nSPS) is 12.4. The molecule has 1 atom stereocenters.